The second kappa shape index (κ2) is 11.4. The smallest absolute Gasteiger partial charge is 0.263 e. The molecule has 182 valence electrons. The summed E-state index contributed by atoms with van der Waals surface area (Å²) in [6, 6.07) is 13.1. The van der Waals surface area contributed by atoms with Gasteiger partial charge in [-0.15, -0.1) is 11.3 Å². The molecule has 0 spiro atoms. The number of rotatable bonds is 10. The zero-order chi connectivity index (χ0) is 24.8. The molecule has 0 saturated carbocycles. The number of fused-ring (bicyclic) bond motifs is 1. The molecule has 0 aliphatic rings. The fourth-order valence-electron chi connectivity index (χ4n) is 3.73. The molecule has 1 N–H and O–H groups in total. The van der Waals surface area contributed by atoms with Crippen LogP contribution in [-0.2, 0) is 17.8 Å². The van der Waals surface area contributed by atoms with Crippen molar-refractivity contribution >= 4 is 39.1 Å². The topological polar surface area (TPSA) is 82.5 Å². The van der Waals surface area contributed by atoms with E-state index in [4.69, 9.17) is 21.1 Å². The first-order chi connectivity index (χ1) is 17.0. The van der Waals surface area contributed by atoms with E-state index in [9.17, 15) is 9.59 Å². The monoisotopic (exact) mass is 511 g/mol. The van der Waals surface area contributed by atoms with E-state index in [0.29, 0.717) is 52.9 Å². The molecule has 2 heterocycles. The van der Waals surface area contributed by atoms with Crippen molar-refractivity contribution in [3.8, 4) is 22.6 Å². The van der Waals surface area contributed by atoms with Crippen molar-refractivity contribution in [2.45, 2.75) is 26.8 Å². The summed E-state index contributed by atoms with van der Waals surface area (Å²) >= 11 is 7.39. The molecule has 35 heavy (non-hydrogen) atoms. The summed E-state index contributed by atoms with van der Waals surface area (Å²) in [5.41, 5.74) is 2.44. The van der Waals surface area contributed by atoms with E-state index in [1.54, 1.807) is 12.1 Å². The molecule has 0 unspecified atom stereocenters. The van der Waals surface area contributed by atoms with E-state index >= 15 is 0 Å². The van der Waals surface area contributed by atoms with Crippen molar-refractivity contribution in [2.75, 3.05) is 19.8 Å². The highest BCUT2D eigenvalue weighted by Crippen LogP contribution is 2.31. The fraction of sp³-hybridized carbons (Fsp3) is 0.269. The number of carbonyl (C=O) groups excluding carboxylic acids is 1. The Morgan fingerprint density at radius 1 is 1.09 bits per heavy atom. The molecule has 0 radical (unpaired) electrons. The third-order valence-electron chi connectivity index (χ3n) is 5.37. The van der Waals surface area contributed by atoms with Crippen LogP contribution in [0.4, 0.5) is 0 Å². The van der Waals surface area contributed by atoms with Crippen LogP contribution in [-0.4, -0.2) is 35.2 Å². The van der Waals surface area contributed by atoms with E-state index < -0.39 is 0 Å². The van der Waals surface area contributed by atoms with Crippen molar-refractivity contribution < 1.29 is 14.3 Å². The number of nitrogens with one attached hydrogen (secondary N) is 1. The Hall–Kier alpha value is -3.36. The molecule has 4 aromatic rings. The lowest BCUT2D eigenvalue weighted by molar-refractivity contribution is -0.121. The van der Waals surface area contributed by atoms with E-state index in [1.807, 2.05) is 49.6 Å². The quantitative estimate of drug-likeness (QED) is 0.326. The van der Waals surface area contributed by atoms with Gasteiger partial charge >= 0.3 is 0 Å². The van der Waals surface area contributed by atoms with Gasteiger partial charge in [-0.2, -0.15) is 0 Å². The third-order valence-corrected chi connectivity index (χ3v) is 6.51. The minimum absolute atomic E-state index is 0.106. The number of benzene rings is 2. The van der Waals surface area contributed by atoms with Gasteiger partial charge in [-0.25, -0.2) is 4.98 Å². The van der Waals surface area contributed by atoms with Gasteiger partial charge in [0.05, 0.1) is 24.9 Å². The number of thiophene rings is 1. The number of amides is 1. The lowest BCUT2D eigenvalue weighted by atomic mass is 10.1. The summed E-state index contributed by atoms with van der Waals surface area (Å²) in [5, 5.41) is 5.91. The normalized spacial score (nSPS) is 10.9. The molecule has 1 amide bonds. The molecule has 0 saturated heterocycles. The van der Waals surface area contributed by atoms with Crippen LogP contribution in [0.5, 0.6) is 11.5 Å². The second-order valence-electron chi connectivity index (χ2n) is 7.76. The second-order valence-corrected chi connectivity index (χ2v) is 9.06. The Morgan fingerprint density at radius 3 is 2.57 bits per heavy atom. The van der Waals surface area contributed by atoms with Crippen molar-refractivity contribution in [1.29, 1.82) is 0 Å². The Bertz CT molecular complexity index is 1380. The minimum Gasteiger partial charge on any atom is -0.490 e. The van der Waals surface area contributed by atoms with Crippen molar-refractivity contribution in [3.63, 3.8) is 0 Å². The Morgan fingerprint density at radius 2 is 1.83 bits per heavy atom. The van der Waals surface area contributed by atoms with E-state index in [-0.39, 0.29) is 18.0 Å². The molecule has 0 atom stereocenters. The summed E-state index contributed by atoms with van der Waals surface area (Å²) in [5.74, 6) is 1.14. The summed E-state index contributed by atoms with van der Waals surface area (Å²) in [6.45, 7) is 5.27. The zero-order valence-corrected chi connectivity index (χ0v) is 21.1. The fourth-order valence-corrected chi connectivity index (χ4v) is 4.76. The maximum Gasteiger partial charge on any atom is 0.263 e. The van der Waals surface area contributed by atoms with Gasteiger partial charge in [-0.1, -0.05) is 29.8 Å². The summed E-state index contributed by atoms with van der Waals surface area (Å²) in [7, 11) is 0. The standard InChI is InChI=1S/C26H26ClN3O4S/c1-3-33-21-10-5-17(13-22(21)34-4-2)11-12-28-23(31)14-30-16-29-25-24(26(30)32)20(15-35-25)18-6-8-19(27)9-7-18/h5-10,13,15-16H,3-4,11-12,14H2,1-2H3,(H,28,31). The Labute approximate surface area is 212 Å². The van der Waals surface area contributed by atoms with Gasteiger partial charge < -0.3 is 14.8 Å². The lowest BCUT2D eigenvalue weighted by Crippen LogP contribution is -2.33. The van der Waals surface area contributed by atoms with Crippen LogP contribution in [0.3, 0.4) is 0 Å². The van der Waals surface area contributed by atoms with Gasteiger partial charge in [0.15, 0.2) is 11.5 Å². The zero-order valence-electron chi connectivity index (χ0n) is 19.5. The summed E-state index contributed by atoms with van der Waals surface area (Å²) in [6.07, 6.45) is 2.04. The van der Waals surface area contributed by atoms with Crippen molar-refractivity contribution in [1.82, 2.24) is 14.9 Å². The molecule has 7 nitrogen and oxygen atoms in total. The van der Waals surface area contributed by atoms with Crippen LogP contribution < -0.4 is 20.3 Å². The largest absolute Gasteiger partial charge is 0.490 e. The minimum atomic E-state index is -0.257. The molecule has 0 aliphatic heterocycles. The molecule has 2 aromatic heterocycles. The van der Waals surface area contributed by atoms with Gasteiger partial charge in [0.1, 0.15) is 11.4 Å². The van der Waals surface area contributed by atoms with Crippen LogP contribution in [0.2, 0.25) is 5.02 Å². The van der Waals surface area contributed by atoms with Crippen molar-refractivity contribution in [2.24, 2.45) is 0 Å². The molecule has 0 fully saturated rings. The number of carbonyl (C=O) groups is 1. The first kappa shape index (κ1) is 24.8. The van der Waals surface area contributed by atoms with E-state index in [1.165, 1.54) is 22.2 Å². The molecule has 2 aromatic carbocycles. The van der Waals surface area contributed by atoms with Crippen LogP contribution in [0.15, 0.2) is 59.0 Å². The highest BCUT2D eigenvalue weighted by Gasteiger charge is 2.15. The maximum absolute atomic E-state index is 13.2. The van der Waals surface area contributed by atoms with Crippen LogP contribution in [0, 0.1) is 0 Å². The molecule has 4 rings (SSSR count). The molecular formula is C26H26ClN3O4S. The Kier molecular flexibility index (Phi) is 8.05. The van der Waals surface area contributed by atoms with E-state index in [0.717, 1.165) is 16.7 Å². The van der Waals surface area contributed by atoms with Gasteiger partial charge in [0.2, 0.25) is 5.91 Å². The summed E-state index contributed by atoms with van der Waals surface area (Å²) in [4.78, 5) is 30.8. The van der Waals surface area contributed by atoms with Crippen molar-refractivity contribution in [3.05, 3.63) is 75.1 Å². The van der Waals surface area contributed by atoms with Gasteiger partial charge in [0, 0.05) is 22.5 Å². The van der Waals surface area contributed by atoms with Gasteiger partial charge in [-0.3, -0.25) is 14.2 Å². The SMILES string of the molecule is CCOc1ccc(CCNC(=O)Cn2cnc3scc(-c4ccc(Cl)cc4)c3c2=O)cc1OCC. The number of hydrogen-bond acceptors (Lipinski definition) is 6. The molecule has 9 heteroatoms. The molecule has 0 bridgehead atoms. The van der Waals surface area contributed by atoms with Crippen LogP contribution in [0.1, 0.15) is 19.4 Å². The van der Waals surface area contributed by atoms with E-state index in [2.05, 4.69) is 10.3 Å². The maximum atomic E-state index is 13.2. The summed E-state index contributed by atoms with van der Waals surface area (Å²) < 4.78 is 12.6. The first-order valence-corrected chi connectivity index (χ1v) is 12.6. The highest BCUT2D eigenvalue weighted by atomic mass is 35.5. The first-order valence-electron chi connectivity index (χ1n) is 11.4. The molecule has 0 aliphatic carbocycles. The average Bonchev–Trinajstić information content (AvgIpc) is 3.28. The highest BCUT2D eigenvalue weighted by molar-refractivity contribution is 7.17. The number of ether oxygens (including phenoxy) is 2. The Balaban J connectivity index is 1.42. The third kappa shape index (κ3) is 5.83. The van der Waals surface area contributed by atoms with Crippen LogP contribution >= 0.6 is 22.9 Å². The number of hydrogen-bond donors (Lipinski definition) is 1. The lowest BCUT2D eigenvalue weighted by Gasteiger charge is -2.13. The average molecular weight is 512 g/mol. The molecular weight excluding hydrogens is 486 g/mol. The number of halogens is 1. The van der Waals surface area contributed by atoms with Crippen LogP contribution in [0.25, 0.3) is 21.3 Å². The number of aromatic nitrogens is 2. The predicted octanol–water partition coefficient (Wildman–Crippen LogP) is 4.93. The number of nitrogens with zero attached hydrogens (tertiary/aromatic N) is 2. The van der Waals surface area contributed by atoms with Gasteiger partial charge in [-0.05, 0) is 55.7 Å². The predicted molar refractivity (Wildman–Crippen MR) is 140 cm³/mol. The van der Waals surface area contributed by atoms with Gasteiger partial charge in [0.25, 0.3) is 5.56 Å².